The monoisotopic (exact) mass is 242 g/mol. The zero-order chi connectivity index (χ0) is 12.5. The molecule has 3 heterocycles. The summed E-state index contributed by atoms with van der Waals surface area (Å²) in [5, 5.41) is 1.06. The first kappa shape index (κ1) is 11.0. The van der Waals surface area contributed by atoms with E-state index in [4.69, 9.17) is 4.42 Å². The second-order valence-electron chi connectivity index (χ2n) is 4.48. The number of hydrogen-bond donors (Lipinski definition) is 0. The van der Waals surface area contributed by atoms with Gasteiger partial charge in [-0.1, -0.05) is 6.08 Å². The van der Waals surface area contributed by atoms with Crippen LogP contribution < -0.4 is 0 Å². The quantitative estimate of drug-likeness (QED) is 0.772. The highest BCUT2D eigenvalue weighted by Gasteiger charge is 2.20. The van der Waals surface area contributed by atoms with Crippen LogP contribution in [0.3, 0.4) is 0 Å². The summed E-state index contributed by atoms with van der Waals surface area (Å²) in [4.78, 5) is 17.4. The predicted octanol–water partition coefficient (Wildman–Crippen LogP) is 2.68. The van der Waals surface area contributed by atoms with Crippen LogP contribution in [0.5, 0.6) is 0 Å². The molecule has 4 nitrogen and oxygen atoms in total. The lowest BCUT2D eigenvalue weighted by atomic mass is 9.96. The fraction of sp³-hybridized carbons (Fsp3) is 0.286. The highest BCUT2D eigenvalue weighted by Crippen LogP contribution is 2.29. The van der Waals surface area contributed by atoms with Gasteiger partial charge in [0.15, 0.2) is 0 Å². The molecule has 0 fully saturated rings. The summed E-state index contributed by atoms with van der Waals surface area (Å²) >= 11 is 0. The summed E-state index contributed by atoms with van der Waals surface area (Å²) in [6.45, 7) is 2.33. The predicted molar refractivity (Wildman–Crippen MR) is 67.9 cm³/mol. The van der Waals surface area contributed by atoms with Gasteiger partial charge in [-0.2, -0.15) is 0 Å². The van der Waals surface area contributed by atoms with Gasteiger partial charge >= 0.3 is 0 Å². The molecule has 0 N–H and O–H groups in total. The number of pyridine rings is 1. The molecule has 3 rings (SSSR count). The van der Waals surface area contributed by atoms with Crippen molar-refractivity contribution in [1.29, 1.82) is 0 Å². The average Bonchev–Trinajstić information content (AvgIpc) is 2.87. The molecule has 1 amide bonds. The third-order valence-corrected chi connectivity index (χ3v) is 3.35. The Hall–Kier alpha value is -2.10. The Morgan fingerprint density at radius 2 is 2.39 bits per heavy atom. The molecule has 0 bridgehead atoms. The van der Waals surface area contributed by atoms with Gasteiger partial charge in [0.05, 0.1) is 12.0 Å². The van der Waals surface area contributed by atoms with Crippen LogP contribution in [0.4, 0.5) is 0 Å². The van der Waals surface area contributed by atoms with E-state index in [1.54, 1.807) is 24.3 Å². The molecule has 1 aliphatic heterocycles. The van der Waals surface area contributed by atoms with Crippen LogP contribution in [0.15, 0.2) is 41.3 Å². The van der Waals surface area contributed by atoms with Crippen LogP contribution in [0, 0.1) is 0 Å². The van der Waals surface area contributed by atoms with E-state index in [-0.39, 0.29) is 11.8 Å². The summed E-state index contributed by atoms with van der Waals surface area (Å²) in [7, 11) is 0. The number of carbonyl (C=O) groups excluding carboxylic acids is 1. The van der Waals surface area contributed by atoms with E-state index in [0.717, 1.165) is 29.6 Å². The summed E-state index contributed by atoms with van der Waals surface area (Å²) in [6, 6.07) is 3.82. The van der Waals surface area contributed by atoms with Crippen molar-refractivity contribution in [2.75, 3.05) is 6.54 Å². The van der Waals surface area contributed by atoms with E-state index in [0.29, 0.717) is 0 Å². The molecule has 0 saturated carbocycles. The Balaban J connectivity index is 1.95. The summed E-state index contributed by atoms with van der Waals surface area (Å²) in [6.07, 6.45) is 8.25. The molecular formula is C14H14N2O2. The van der Waals surface area contributed by atoms with Crippen molar-refractivity contribution in [3.05, 3.63) is 42.6 Å². The molecule has 0 spiro atoms. The van der Waals surface area contributed by atoms with Gasteiger partial charge < -0.3 is 9.32 Å². The van der Waals surface area contributed by atoms with Gasteiger partial charge in [-0.3, -0.25) is 9.78 Å². The van der Waals surface area contributed by atoms with Crippen molar-refractivity contribution in [2.45, 2.75) is 19.3 Å². The Kier molecular flexibility index (Phi) is 2.63. The minimum atomic E-state index is 0.0826. The van der Waals surface area contributed by atoms with Gasteiger partial charge in [-0.15, -0.1) is 0 Å². The Labute approximate surface area is 105 Å². The van der Waals surface area contributed by atoms with Gasteiger partial charge in [-0.05, 0) is 18.6 Å². The van der Waals surface area contributed by atoms with Crippen molar-refractivity contribution in [3.63, 3.8) is 0 Å². The maximum Gasteiger partial charge on any atom is 0.223 e. The first-order chi connectivity index (χ1) is 8.75. The molecule has 0 aliphatic carbocycles. The zero-order valence-corrected chi connectivity index (χ0v) is 10.2. The van der Waals surface area contributed by atoms with Crippen molar-refractivity contribution < 1.29 is 9.21 Å². The second-order valence-corrected chi connectivity index (χ2v) is 4.48. The zero-order valence-electron chi connectivity index (χ0n) is 10.2. The van der Waals surface area contributed by atoms with Crippen molar-refractivity contribution in [2.24, 2.45) is 0 Å². The molecular weight excluding hydrogens is 228 g/mol. The first-order valence-corrected chi connectivity index (χ1v) is 6.03. The largest absolute Gasteiger partial charge is 0.464 e. The summed E-state index contributed by atoms with van der Waals surface area (Å²) in [5.74, 6) is 0.334. The minimum Gasteiger partial charge on any atom is -0.464 e. The van der Waals surface area contributed by atoms with Gasteiger partial charge in [0, 0.05) is 37.2 Å². The number of rotatable bonds is 1. The van der Waals surface area contributed by atoms with Gasteiger partial charge in [0.1, 0.15) is 5.58 Å². The lowest BCUT2D eigenvalue weighted by Gasteiger charge is -2.25. The highest BCUT2D eigenvalue weighted by atomic mass is 16.3. The molecule has 2 aromatic heterocycles. The van der Waals surface area contributed by atoms with Gasteiger partial charge in [0.2, 0.25) is 5.91 Å². The topological polar surface area (TPSA) is 46.3 Å². The Morgan fingerprint density at radius 1 is 1.50 bits per heavy atom. The van der Waals surface area contributed by atoms with Crippen molar-refractivity contribution >= 4 is 16.9 Å². The fourth-order valence-electron chi connectivity index (χ4n) is 2.36. The van der Waals surface area contributed by atoms with Gasteiger partial charge in [0.25, 0.3) is 0 Å². The first-order valence-electron chi connectivity index (χ1n) is 6.03. The number of fused-ring (bicyclic) bond motifs is 1. The normalized spacial score (nSPS) is 19.4. The summed E-state index contributed by atoms with van der Waals surface area (Å²) in [5.41, 5.74) is 1.89. The number of carbonyl (C=O) groups is 1. The maximum absolute atomic E-state index is 11.3. The molecule has 0 saturated heterocycles. The number of aromatic nitrogens is 1. The van der Waals surface area contributed by atoms with Crippen LogP contribution in [0.2, 0.25) is 0 Å². The third-order valence-electron chi connectivity index (χ3n) is 3.35. The Morgan fingerprint density at radius 3 is 3.11 bits per heavy atom. The van der Waals surface area contributed by atoms with Crippen LogP contribution >= 0.6 is 0 Å². The number of amides is 1. The molecule has 1 unspecified atom stereocenters. The molecule has 0 aromatic carbocycles. The summed E-state index contributed by atoms with van der Waals surface area (Å²) < 4.78 is 5.38. The van der Waals surface area contributed by atoms with Crippen LogP contribution in [0.25, 0.3) is 11.0 Å². The highest BCUT2D eigenvalue weighted by molar-refractivity contribution is 5.80. The maximum atomic E-state index is 11.3. The molecule has 0 radical (unpaired) electrons. The van der Waals surface area contributed by atoms with E-state index in [1.165, 1.54) is 0 Å². The lowest BCUT2D eigenvalue weighted by molar-refractivity contribution is -0.126. The molecule has 4 heteroatoms. The molecule has 1 aliphatic rings. The number of hydrogen-bond acceptors (Lipinski definition) is 3. The minimum absolute atomic E-state index is 0.0826. The van der Waals surface area contributed by atoms with E-state index in [2.05, 4.69) is 4.98 Å². The van der Waals surface area contributed by atoms with Gasteiger partial charge in [-0.25, -0.2) is 0 Å². The van der Waals surface area contributed by atoms with Crippen LogP contribution in [-0.4, -0.2) is 22.3 Å². The van der Waals surface area contributed by atoms with Crippen LogP contribution in [0.1, 0.15) is 25.0 Å². The number of nitrogens with zero attached hydrogens (tertiary/aromatic N) is 2. The SMILES string of the molecule is CC(=O)N1C=CC(c2nccc3occc23)CC1. The molecule has 92 valence electrons. The smallest absolute Gasteiger partial charge is 0.223 e. The number of allylic oxidation sites excluding steroid dienone is 1. The molecule has 1 atom stereocenters. The number of furan rings is 1. The molecule has 18 heavy (non-hydrogen) atoms. The molecule has 2 aromatic rings. The van der Waals surface area contributed by atoms with Crippen molar-refractivity contribution in [3.8, 4) is 0 Å². The third kappa shape index (κ3) is 1.79. The average molecular weight is 242 g/mol. The Bertz CT molecular complexity index is 615. The van der Waals surface area contributed by atoms with E-state index in [9.17, 15) is 4.79 Å². The van der Waals surface area contributed by atoms with Crippen LogP contribution in [-0.2, 0) is 4.79 Å². The standard InChI is InChI=1S/C14H14N2O2/c1-10(17)16-7-3-11(4-8-16)14-12-5-9-18-13(12)2-6-15-14/h2-3,5-7,9,11H,4,8H2,1H3. The van der Waals surface area contributed by atoms with E-state index >= 15 is 0 Å². The van der Waals surface area contributed by atoms with Crippen molar-refractivity contribution in [1.82, 2.24) is 9.88 Å². The second kappa shape index (κ2) is 4.29. The fourth-order valence-corrected chi connectivity index (χ4v) is 2.36. The van der Waals surface area contributed by atoms with E-state index in [1.807, 2.05) is 24.4 Å². The van der Waals surface area contributed by atoms with E-state index < -0.39 is 0 Å². The lowest BCUT2D eigenvalue weighted by Crippen LogP contribution is -2.28.